The molecule has 0 saturated carbocycles. The lowest BCUT2D eigenvalue weighted by atomic mass is 9.80. The van der Waals surface area contributed by atoms with Gasteiger partial charge < -0.3 is 23.6 Å². The SMILES string of the molecule is COc1cc(CO)c(-c2cn3ccc(B4OC(C)(C)C(C)(C)O4)cc3n2)cc1Cl. The first-order valence-electron chi connectivity index (χ1n) is 9.47. The summed E-state index contributed by atoms with van der Waals surface area (Å²) >= 11 is 6.30. The van der Waals surface area contributed by atoms with E-state index in [4.69, 9.17) is 30.6 Å². The van der Waals surface area contributed by atoms with E-state index in [2.05, 4.69) is 0 Å². The highest BCUT2D eigenvalue weighted by atomic mass is 35.5. The molecule has 0 spiro atoms. The van der Waals surface area contributed by atoms with Gasteiger partial charge >= 0.3 is 7.12 Å². The van der Waals surface area contributed by atoms with Crippen molar-refractivity contribution < 1.29 is 19.2 Å². The number of hydrogen-bond donors (Lipinski definition) is 1. The second kappa shape index (κ2) is 7.02. The number of halogens is 1. The number of benzene rings is 1. The second-order valence-electron chi connectivity index (χ2n) is 8.24. The molecule has 1 aliphatic rings. The van der Waals surface area contributed by atoms with Gasteiger partial charge in [0.1, 0.15) is 11.4 Å². The van der Waals surface area contributed by atoms with E-state index in [-0.39, 0.29) is 6.61 Å². The molecule has 152 valence electrons. The molecule has 3 heterocycles. The molecular formula is C21H24BClN2O4. The maximum Gasteiger partial charge on any atom is 0.495 e. The summed E-state index contributed by atoms with van der Waals surface area (Å²) in [6.45, 7) is 7.98. The van der Waals surface area contributed by atoms with Crippen LogP contribution >= 0.6 is 11.6 Å². The average Bonchev–Trinajstić information content (AvgIpc) is 3.18. The van der Waals surface area contributed by atoms with Crippen molar-refractivity contribution in [3.05, 3.63) is 47.2 Å². The lowest BCUT2D eigenvalue weighted by Gasteiger charge is -2.32. The van der Waals surface area contributed by atoms with Crippen LogP contribution in [0, 0.1) is 0 Å². The fraction of sp³-hybridized carbons (Fsp3) is 0.381. The Kier molecular flexibility index (Phi) is 4.90. The molecule has 0 bridgehead atoms. The van der Waals surface area contributed by atoms with Crippen molar-refractivity contribution >= 4 is 29.8 Å². The van der Waals surface area contributed by atoms with E-state index >= 15 is 0 Å². The van der Waals surface area contributed by atoms with E-state index in [9.17, 15) is 5.11 Å². The van der Waals surface area contributed by atoms with Gasteiger partial charge in [0.15, 0.2) is 0 Å². The topological polar surface area (TPSA) is 65.2 Å². The summed E-state index contributed by atoms with van der Waals surface area (Å²) in [6, 6.07) is 7.42. The normalized spacial score (nSPS) is 17.8. The predicted molar refractivity (Wildman–Crippen MR) is 114 cm³/mol. The Bertz CT molecular complexity index is 1060. The molecule has 1 aromatic carbocycles. The first-order valence-corrected chi connectivity index (χ1v) is 9.85. The monoisotopic (exact) mass is 414 g/mol. The van der Waals surface area contributed by atoms with E-state index in [1.165, 1.54) is 0 Å². The lowest BCUT2D eigenvalue weighted by Crippen LogP contribution is -2.41. The number of ether oxygens (including phenoxy) is 1. The number of aromatic nitrogens is 2. The standard InChI is InChI=1S/C21H24BClN2O4/c1-20(2)21(3,4)29-22(28-20)14-6-7-25-11-17(24-19(25)9-14)15-10-16(23)18(27-5)8-13(15)12-26/h6-11,26H,12H2,1-5H3. The van der Waals surface area contributed by atoms with Crippen molar-refractivity contribution in [1.29, 1.82) is 0 Å². The molecule has 2 aromatic heterocycles. The van der Waals surface area contributed by atoms with Gasteiger partial charge in [-0.2, -0.15) is 0 Å². The smallest absolute Gasteiger partial charge is 0.495 e. The van der Waals surface area contributed by atoms with Crippen LogP contribution in [0.25, 0.3) is 16.9 Å². The molecule has 3 aromatic rings. The van der Waals surface area contributed by atoms with Gasteiger partial charge in [-0.05, 0) is 63.0 Å². The third-order valence-corrected chi connectivity index (χ3v) is 6.13. The Morgan fingerprint density at radius 1 is 1.17 bits per heavy atom. The number of methoxy groups -OCH3 is 1. The number of imidazole rings is 1. The molecule has 0 amide bonds. The van der Waals surface area contributed by atoms with Crippen LogP contribution in [0.5, 0.6) is 5.75 Å². The van der Waals surface area contributed by atoms with Gasteiger partial charge in [-0.1, -0.05) is 11.6 Å². The summed E-state index contributed by atoms with van der Waals surface area (Å²) in [5, 5.41) is 10.3. The molecular weight excluding hydrogens is 391 g/mol. The van der Waals surface area contributed by atoms with Gasteiger partial charge in [0.05, 0.1) is 35.6 Å². The van der Waals surface area contributed by atoms with E-state index in [0.29, 0.717) is 22.0 Å². The van der Waals surface area contributed by atoms with Crippen LogP contribution in [0.1, 0.15) is 33.3 Å². The number of hydrogen-bond acceptors (Lipinski definition) is 5. The molecule has 1 fully saturated rings. The zero-order chi connectivity index (χ0) is 21.0. The van der Waals surface area contributed by atoms with Crippen LogP contribution in [0.4, 0.5) is 0 Å². The van der Waals surface area contributed by atoms with E-state index < -0.39 is 18.3 Å². The van der Waals surface area contributed by atoms with Gasteiger partial charge in [0.2, 0.25) is 0 Å². The quantitative estimate of drug-likeness (QED) is 0.662. The Labute approximate surface area is 175 Å². The Balaban J connectivity index is 1.73. The van der Waals surface area contributed by atoms with Crippen LogP contribution in [0.15, 0.2) is 36.7 Å². The summed E-state index contributed by atoms with van der Waals surface area (Å²) in [5.74, 6) is 0.520. The summed E-state index contributed by atoms with van der Waals surface area (Å²) < 4.78 is 19.5. The zero-order valence-electron chi connectivity index (χ0n) is 17.2. The third kappa shape index (κ3) is 3.42. The van der Waals surface area contributed by atoms with Gasteiger partial charge in [-0.25, -0.2) is 4.98 Å². The van der Waals surface area contributed by atoms with E-state index in [1.807, 2.05) is 56.6 Å². The maximum absolute atomic E-state index is 9.79. The van der Waals surface area contributed by atoms with Crippen LogP contribution in [-0.2, 0) is 15.9 Å². The molecule has 29 heavy (non-hydrogen) atoms. The number of aliphatic hydroxyl groups is 1. The Hall–Kier alpha value is -2.06. The molecule has 1 saturated heterocycles. The largest absolute Gasteiger partial charge is 0.495 e. The zero-order valence-corrected chi connectivity index (χ0v) is 17.9. The van der Waals surface area contributed by atoms with Gasteiger partial charge in [0, 0.05) is 18.0 Å². The fourth-order valence-electron chi connectivity index (χ4n) is 3.37. The predicted octanol–water partition coefficient (Wildman–Crippen LogP) is 3.45. The van der Waals surface area contributed by atoms with E-state index in [1.54, 1.807) is 19.2 Å². The summed E-state index contributed by atoms with van der Waals surface area (Å²) in [4.78, 5) is 4.73. The van der Waals surface area contributed by atoms with Crippen LogP contribution in [0.3, 0.4) is 0 Å². The molecule has 0 radical (unpaired) electrons. The molecule has 8 heteroatoms. The molecule has 0 unspecified atom stereocenters. The molecule has 0 aliphatic carbocycles. The number of rotatable bonds is 4. The summed E-state index contributed by atoms with van der Waals surface area (Å²) in [7, 11) is 1.10. The van der Waals surface area contributed by atoms with Crippen molar-refractivity contribution in [3.8, 4) is 17.0 Å². The van der Waals surface area contributed by atoms with Crippen molar-refractivity contribution in [1.82, 2.24) is 9.38 Å². The number of fused-ring (bicyclic) bond motifs is 1. The van der Waals surface area contributed by atoms with Gasteiger partial charge in [0.25, 0.3) is 0 Å². The molecule has 1 aliphatic heterocycles. The van der Waals surface area contributed by atoms with Gasteiger partial charge in [-0.3, -0.25) is 0 Å². The highest BCUT2D eigenvalue weighted by molar-refractivity contribution is 6.62. The molecule has 0 atom stereocenters. The van der Waals surface area contributed by atoms with Crippen LogP contribution in [0.2, 0.25) is 5.02 Å². The minimum Gasteiger partial charge on any atom is -0.495 e. The molecule has 6 nitrogen and oxygen atoms in total. The number of aliphatic hydroxyl groups excluding tert-OH is 1. The van der Waals surface area contributed by atoms with Crippen molar-refractivity contribution in [3.63, 3.8) is 0 Å². The van der Waals surface area contributed by atoms with Crippen LogP contribution < -0.4 is 10.2 Å². The van der Waals surface area contributed by atoms with Crippen molar-refractivity contribution in [2.24, 2.45) is 0 Å². The second-order valence-corrected chi connectivity index (χ2v) is 8.65. The van der Waals surface area contributed by atoms with E-state index in [0.717, 1.165) is 16.7 Å². The van der Waals surface area contributed by atoms with Crippen molar-refractivity contribution in [2.45, 2.75) is 45.5 Å². The van der Waals surface area contributed by atoms with Crippen LogP contribution in [-0.4, -0.2) is 39.9 Å². The number of pyridine rings is 1. The highest BCUT2D eigenvalue weighted by Gasteiger charge is 2.51. The summed E-state index contributed by atoms with van der Waals surface area (Å²) in [6.07, 6.45) is 3.83. The van der Waals surface area contributed by atoms with Gasteiger partial charge in [-0.15, -0.1) is 0 Å². The lowest BCUT2D eigenvalue weighted by molar-refractivity contribution is 0.00578. The number of nitrogens with zero attached hydrogens (tertiary/aromatic N) is 2. The Morgan fingerprint density at radius 3 is 2.48 bits per heavy atom. The molecule has 1 N–H and O–H groups in total. The van der Waals surface area contributed by atoms with Crippen molar-refractivity contribution in [2.75, 3.05) is 7.11 Å². The average molecular weight is 415 g/mol. The maximum atomic E-state index is 9.79. The summed E-state index contributed by atoms with van der Waals surface area (Å²) in [5.41, 5.74) is 3.02. The first-order chi connectivity index (χ1) is 13.6. The minimum atomic E-state index is -0.450. The Morgan fingerprint density at radius 2 is 1.86 bits per heavy atom. The highest BCUT2D eigenvalue weighted by Crippen LogP contribution is 2.37. The third-order valence-electron chi connectivity index (χ3n) is 5.83. The molecule has 4 rings (SSSR count). The first kappa shape index (κ1) is 20.2. The fourth-order valence-corrected chi connectivity index (χ4v) is 3.62. The minimum absolute atomic E-state index is 0.143.